The molecule has 0 atom stereocenters. The van der Waals surface area contributed by atoms with Gasteiger partial charge in [0, 0.05) is 0 Å². The summed E-state index contributed by atoms with van der Waals surface area (Å²) in [5, 5.41) is 0. The fourth-order valence-electron chi connectivity index (χ4n) is 1.12. The second kappa shape index (κ2) is 5.52. The first-order valence-corrected chi connectivity index (χ1v) is 4.41. The van der Waals surface area contributed by atoms with Gasteiger partial charge in [0.05, 0.1) is 0 Å². The molecule has 0 aliphatic rings. The Labute approximate surface area is 65.3 Å². The molecular weight excluding hydrogens is 120 g/mol. The van der Waals surface area contributed by atoms with Gasteiger partial charge in [-0.05, 0) is 18.8 Å². The Morgan fingerprint density at radius 2 is 1.90 bits per heavy atom. The van der Waals surface area contributed by atoms with E-state index in [1.807, 2.05) is 0 Å². The molecule has 0 aliphatic heterocycles. The van der Waals surface area contributed by atoms with E-state index in [2.05, 4.69) is 33.8 Å². The maximum Gasteiger partial charge on any atom is -0.0260 e. The van der Waals surface area contributed by atoms with Crippen molar-refractivity contribution in [1.82, 2.24) is 0 Å². The molecule has 0 heterocycles. The molecular formula is C10H20. The van der Waals surface area contributed by atoms with Crippen LogP contribution in [0, 0.1) is 5.92 Å². The van der Waals surface area contributed by atoms with Crippen LogP contribution in [0.3, 0.4) is 0 Å². The van der Waals surface area contributed by atoms with E-state index in [1.54, 1.807) is 5.57 Å². The summed E-state index contributed by atoms with van der Waals surface area (Å²) in [6, 6.07) is 0. The van der Waals surface area contributed by atoms with Crippen LogP contribution in [0.2, 0.25) is 0 Å². The molecule has 0 aromatic carbocycles. The van der Waals surface area contributed by atoms with E-state index in [9.17, 15) is 0 Å². The minimum Gasteiger partial charge on any atom is -0.0851 e. The summed E-state index contributed by atoms with van der Waals surface area (Å²) in [7, 11) is 0. The third-order valence-electron chi connectivity index (χ3n) is 1.85. The first-order chi connectivity index (χ1) is 4.72. The fraction of sp³-hybridized carbons (Fsp3) is 0.800. The third kappa shape index (κ3) is 3.71. The van der Waals surface area contributed by atoms with Gasteiger partial charge >= 0.3 is 0 Å². The fourth-order valence-corrected chi connectivity index (χ4v) is 1.12. The van der Waals surface area contributed by atoms with Gasteiger partial charge in [0.15, 0.2) is 0 Å². The molecule has 0 unspecified atom stereocenters. The van der Waals surface area contributed by atoms with E-state index in [-0.39, 0.29) is 0 Å². The van der Waals surface area contributed by atoms with Crippen molar-refractivity contribution in [2.45, 2.75) is 47.0 Å². The van der Waals surface area contributed by atoms with Gasteiger partial charge in [-0.3, -0.25) is 0 Å². The summed E-state index contributed by atoms with van der Waals surface area (Å²) in [6.07, 6.45) is 6.14. The number of unbranched alkanes of at least 4 members (excludes halogenated alkanes) is 1. The summed E-state index contributed by atoms with van der Waals surface area (Å²) >= 11 is 0. The Morgan fingerprint density at radius 3 is 2.20 bits per heavy atom. The van der Waals surface area contributed by atoms with E-state index in [1.165, 1.54) is 19.3 Å². The molecule has 0 fully saturated rings. The van der Waals surface area contributed by atoms with Gasteiger partial charge in [-0.1, -0.05) is 45.8 Å². The van der Waals surface area contributed by atoms with Crippen LogP contribution in [-0.4, -0.2) is 0 Å². The molecule has 0 aliphatic carbocycles. The van der Waals surface area contributed by atoms with E-state index >= 15 is 0 Å². The van der Waals surface area contributed by atoms with Gasteiger partial charge in [-0.25, -0.2) is 0 Å². The summed E-state index contributed by atoms with van der Waals surface area (Å²) in [5.74, 6) is 0.747. The summed E-state index contributed by atoms with van der Waals surface area (Å²) in [4.78, 5) is 0. The molecule has 0 saturated carbocycles. The Hall–Kier alpha value is -0.260. The maximum absolute atomic E-state index is 2.39. The van der Waals surface area contributed by atoms with Crippen LogP contribution >= 0.6 is 0 Å². The number of allylic oxidation sites excluding steroid dienone is 2. The highest BCUT2D eigenvalue weighted by Crippen LogP contribution is 2.14. The lowest BCUT2D eigenvalue weighted by Gasteiger charge is -2.07. The van der Waals surface area contributed by atoms with Gasteiger partial charge in [0.1, 0.15) is 0 Å². The van der Waals surface area contributed by atoms with Crippen molar-refractivity contribution in [1.29, 1.82) is 0 Å². The van der Waals surface area contributed by atoms with Gasteiger partial charge in [-0.2, -0.15) is 0 Å². The second-order valence-electron chi connectivity index (χ2n) is 3.08. The maximum atomic E-state index is 2.39. The van der Waals surface area contributed by atoms with Crippen molar-refractivity contribution in [2.75, 3.05) is 0 Å². The highest BCUT2D eigenvalue weighted by Gasteiger charge is 1.97. The van der Waals surface area contributed by atoms with Crippen molar-refractivity contribution >= 4 is 0 Å². The molecule has 0 spiro atoms. The van der Waals surface area contributed by atoms with E-state index in [0.29, 0.717) is 0 Å². The van der Waals surface area contributed by atoms with Crippen molar-refractivity contribution in [2.24, 2.45) is 5.92 Å². The third-order valence-corrected chi connectivity index (χ3v) is 1.85. The van der Waals surface area contributed by atoms with Crippen molar-refractivity contribution in [3.8, 4) is 0 Å². The predicted molar refractivity (Wildman–Crippen MR) is 48.1 cm³/mol. The Morgan fingerprint density at radius 1 is 1.30 bits per heavy atom. The first-order valence-electron chi connectivity index (χ1n) is 4.41. The van der Waals surface area contributed by atoms with Gasteiger partial charge in [0.25, 0.3) is 0 Å². The monoisotopic (exact) mass is 140 g/mol. The molecule has 60 valence electrons. The lowest BCUT2D eigenvalue weighted by atomic mass is 9.99. The quantitative estimate of drug-likeness (QED) is 0.521. The van der Waals surface area contributed by atoms with Crippen LogP contribution in [0.5, 0.6) is 0 Å². The van der Waals surface area contributed by atoms with E-state index in [0.717, 1.165) is 5.92 Å². The average Bonchev–Trinajstić information content (AvgIpc) is 1.89. The largest absolute Gasteiger partial charge is 0.0851 e. The highest BCUT2D eigenvalue weighted by atomic mass is 14.0. The van der Waals surface area contributed by atoms with Gasteiger partial charge in [0.2, 0.25) is 0 Å². The van der Waals surface area contributed by atoms with Gasteiger partial charge in [-0.15, -0.1) is 0 Å². The lowest BCUT2D eigenvalue weighted by molar-refractivity contribution is 0.721. The first kappa shape index (κ1) is 9.74. The average molecular weight is 140 g/mol. The van der Waals surface area contributed by atoms with Gasteiger partial charge < -0.3 is 0 Å². The minimum absolute atomic E-state index is 0.747. The van der Waals surface area contributed by atoms with Crippen LogP contribution in [-0.2, 0) is 0 Å². The second-order valence-corrected chi connectivity index (χ2v) is 3.08. The molecule has 0 rings (SSSR count). The Bertz CT molecular complexity index is 98.6. The predicted octanol–water partition coefficient (Wildman–Crippen LogP) is 3.78. The molecule has 0 nitrogen and oxygen atoms in total. The van der Waals surface area contributed by atoms with Crippen LogP contribution in [0.4, 0.5) is 0 Å². The molecule has 0 aromatic rings. The van der Waals surface area contributed by atoms with Crippen molar-refractivity contribution < 1.29 is 0 Å². The van der Waals surface area contributed by atoms with E-state index < -0.39 is 0 Å². The molecule has 0 bridgehead atoms. The number of rotatable bonds is 4. The standard InChI is InChI=1S/C10H20/c1-5-7-8-10(6-2)9(3)4/h8-9H,5-7H2,1-4H3/b10-8-. The molecule has 0 saturated heterocycles. The summed E-state index contributed by atoms with van der Waals surface area (Å²) in [5.41, 5.74) is 1.61. The van der Waals surface area contributed by atoms with Crippen LogP contribution in [0.15, 0.2) is 11.6 Å². The van der Waals surface area contributed by atoms with E-state index in [4.69, 9.17) is 0 Å². The van der Waals surface area contributed by atoms with Crippen LogP contribution < -0.4 is 0 Å². The zero-order valence-electron chi connectivity index (χ0n) is 7.78. The number of hydrogen-bond acceptors (Lipinski definition) is 0. The molecule has 0 radical (unpaired) electrons. The smallest absolute Gasteiger partial charge is 0.0260 e. The lowest BCUT2D eigenvalue weighted by Crippen LogP contribution is -1.91. The summed E-state index contributed by atoms with van der Waals surface area (Å²) < 4.78 is 0. The van der Waals surface area contributed by atoms with Crippen molar-refractivity contribution in [3.05, 3.63) is 11.6 Å². The van der Waals surface area contributed by atoms with Crippen molar-refractivity contribution in [3.63, 3.8) is 0 Å². The zero-order chi connectivity index (χ0) is 7.98. The molecule has 0 aromatic heterocycles. The normalized spacial score (nSPS) is 12.7. The zero-order valence-corrected chi connectivity index (χ0v) is 7.78. The highest BCUT2D eigenvalue weighted by molar-refractivity contribution is 5.03. The number of hydrogen-bond donors (Lipinski definition) is 0. The van der Waals surface area contributed by atoms with Crippen LogP contribution in [0.1, 0.15) is 47.0 Å². The Kier molecular flexibility index (Phi) is 5.38. The topological polar surface area (TPSA) is 0 Å². The molecule has 0 N–H and O–H groups in total. The Balaban J connectivity index is 3.79. The van der Waals surface area contributed by atoms with Crippen LogP contribution in [0.25, 0.3) is 0 Å². The molecule has 0 heteroatoms. The minimum atomic E-state index is 0.747. The summed E-state index contributed by atoms with van der Waals surface area (Å²) in [6.45, 7) is 9.00. The SMILES string of the molecule is CCC/C=C(/CC)C(C)C. The molecule has 0 amide bonds. The molecule has 10 heavy (non-hydrogen) atoms.